The van der Waals surface area contributed by atoms with Gasteiger partial charge in [0.25, 0.3) is 0 Å². The van der Waals surface area contributed by atoms with Crippen molar-refractivity contribution in [1.29, 1.82) is 0 Å². The van der Waals surface area contributed by atoms with Crippen LogP contribution in [-0.4, -0.2) is 20.5 Å². The molecule has 0 bridgehead atoms. The fourth-order valence-electron chi connectivity index (χ4n) is 1.45. The van der Waals surface area contributed by atoms with Crippen molar-refractivity contribution >= 4 is 6.29 Å². The van der Waals surface area contributed by atoms with E-state index in [9.17, 15) is 4.79 Å². The predicted octanol–water partition coefficient (Wildman–Crippen LogP) is 2.40. The molecule has 1 aromatic carbocycles. The molecule has 0 radical (unpaired) electrons. The maximum Gasteiger partial charge on any atom is 0.127 e. The molecule has 82 valence electrons. The summed E-state index contributed by atoms with van der Waals surface area (Å²) in [6.45, 7) is 1.98. The second-order valence-corrected chi connectivity index (χ2v) is 3.30. The minimum Gasteiger partial charge on any atom is -0.497 e. The van der Waals surface area contributed by atoms with Crippen molar-refractivity contribution in [3.05, 3.63) is 23.8 Å². The topological polar surface area (TPSA) is 35.5 Å². The van der Waals surface area contributed by atoms with Crippen molar-refractivity contribution in [3.8, 4) is 11.5 Å². The summed E-state index contributed by atoms with van der Waals surface area (Å²) in [5.74, 6) is 1.34. The highest BCUT2D eigenvalue weighted by atomic mass is 16.5. The maximum atomic E-state index is 10.9. The molecule has 0 saturated heterocycles. The standard InChI is InChI=1S/C12H16O3/c1-4-9(8-13)10-5-11(14-2)7-12(6-10)15-3/h5-9H,4H2,1-3H3. The molecule has 0 saturated carbocycles. The van der Waals surface area contributed by atoms with Crippen molar-refractivity contribution < 1.29 is 14.3 Å². The summed E-state index contributed by atoms with van der Waals surface area (Å²) in [5, 5.41) is 0. The first kappa shape index (κ1) is 11.6. The van der Waals surface area contributed by atoms with Crippen LogP contribution >= 0.6 is 0 Å². The van der Waals surface area contributed by atoms with Gasteiger partial charge in [-0.3, -0.25) is 0 Å². The third-order valence-electron chi connectivity index (χ3n) is 2.41. The number of rotatable bonds is 5. The van der Waals surface area contributed by atoms with Gasteiger partial charge in [0.2, 0.25) is 0 Å². The molecule has 0 aliphatic heterocycles. The summed E-state index contributed by atoms with van der Waals surface area (Å²) in [5.41, 5.74) is 0.934. The van der Waals surface area contributed by atoms with Gasteiger partial charge in [-0.05, 0) is 24.1 Å². The van der Waals surface area contributed by atoms with Crippen molar-refractivity contribution in [2.24, 2.45) is 0 Å². The van der Waals surface area contributed by atoms with Crippen molar-refractivity contribution in [2.45, 2.75) is 19.3 Å². The van der Waals surface area contributed by atoms with Crippen LogP contribution in [0.2, 0.25) is 0 Å². The molecule has 0 aromatic heterocycles. The predicted molar refractivity (Wildman–Crippen MR) is 58.6 cm³/mol. The molecule has 15 heavy (non-hydrogen) atoms. The van der Waals surface area contributed by atoms with Crippen LogP contribution in [-0.2, 0) is 4.79 Å². The Morgan fingerprint density at radius 2 is 1.73 bits per heavy atom. The van der Waals surface area contributed by atoms with Gasteiger partial charge in [-0.15, -0.1) is 0 Å². The van der Waals surface area contributed by atoms with E-state index in [1.807, 2.05) is 19.1 Å². The van der Waals surface area contributed by atoms with E-state index in [4.69, 9.17) is 9.47 Å². The molecular weight excluding hydrogens is 192 g/mol. The Morgan fingerprint density at radius 3 is 2.07 bits per heavy atom. The van der Waals surface area contributed by atoms with E-state index in [-0.39, 0.29) is 5.92 Å². The number of methoxy groups -OCH3 is 2. The Balaban J connectivity index is 3.10. The summed E-state index contributed by atoms with van der Waals surface area (Å²) in [4.78, 5) is 10.9. The van der Waals surface area contributed by atoms with E-state index >= 15 is 0 Å². The van der Waals surface area contributed by atoms with Gasteiger partial charge in [-0.25, -0.2) is 0 Å². The summed E-state index contributed by atoms with van der Waals surface area (Å²) < 4.78 is 10.3. The molecule has 0 heterocycles. The Labute approximate surface area is 90.0 Å². The summed E-state index contributed by atoms with van der Waals surface area (Å²) in [6, 6.07) is 5.52. The lowest BCUT2D eigenvalue weighted by Gasteiger charge is -2.11. The Bertz CT molecular complexity index is 311. The first-order chi connectivity index (χ1) is 7.24. The van der Waals surface area contributed by atoms with E-state index in [0.717, 1.165) is 18.3 Å². The highest BCUT2D eigenvalue weighted by Crippen LogP contribution is 2.27. The van der Waals surface area contributed by atoms with E-state index in [1.165, 1.54) is 0 Å². The fraction of sp³-hybridized carbons (Fsp3) is 0.417. The van der Waals surface area contributed by atoms with Gasteiger partial charge in [-0.1, -0.05) is 6.92 Å². The van der Waals surface area contributed by atoms with Crippen LogP contribution in [0.15, 0.2) is 18.2 Å². The van der Waals surface area contributed by atoms with Crippen LogP contribution in [0.3, 0.4) is 0 Å². The lowest BCUT2D eigenvalue weighted by molar-refractivity contribution is -0.109. The zero-order valence-electron chi connectivity index (χ0n) is 9.32. The third-order valence-corrected chi connectivity index (χ3v) is 2.41. The highest BCUT2D eigenvalue weighted by molar-refractivity contribution is 5.63. The molecule has 3 heteroatoms. The van der Waals surface area contributed by atoms with Crippen LogP contribution in [0, 0.1) is 0 Å². The first-order valence-electron chi connectivity index (χ1n) is 4.93. The van der Waals surface area contributed by atoms with Gasteiger partial charge in [0.05, 0.1) is 14.2 Å². The smallest absolute Gasteiger partial charge is 0.127 e. The molecule has 0 spiro atoms. The number of carbonyl (C=O) groups excluding carboxylic acids is 1. The SMILES string of the molecule is CCC(C=O)c1cc(OC)cc(OC)c1. The zero-order valence-corrected chi connectivity index (χ0v) is 9.32. The lowest BCUT2D eigenvalue weighted by Crippen LogP contribution is -2.00. The van der Waals surface area contributed by atoms with Gasteiger partial charge in [0.1, 0.15) is 17.8 Å². The minimum atomic E-state index is -0.0889. The van der Waals surface area contributed by atoms with Gasteiger partial charge in [0.15, 0.2) is 0 Å². The van der Waals surface area contributed by atoms with Gasteiger partial charge in [0, 0.05) is 12.0 Å². The van der Waals surface area contributed by atoms with Crippen LogP contribution in [0.25, 0.3) is 0 Å². The summed E-state index contributed by atoms with van der Waals surface area (Å²) in [7, 11) is 3.20. The monoisotopic (exact) mass is 208 g/mol. The van der Waals surface area contributed by atoms with E-state index in [1.54, 1.807) is 20.3 Å². The number of hydrogen-bond acceptors (Lipinski definition) is 3. The molecule has 0 aliphatic rings. The molecule has 3 nitrogen and oxygen atoms in total. The van der Waals surface area contributed by atoms with Crippen LogP contribution < -0.4 is 9.47 Å². The zero-order chi connectivity index (χ0) is 11.3. The fourth-order valence-corrected chi connectivity index (χ4v) is 1.45. The average molecular weight is 208 g/mol. The number of benzene rings is 1. The second-order valence-electron chi connectivity index (χ2n) is 3.30. The van der Waals surface area contributed by atoms with Crippen LogP contribution in [0.4, 0.5) is 0 Å². The number of aldehydes is 1. The van der Waals surface area contributed by atoms with E-state index in [2.05, 4.69) is 0 Å². The molecule has 1 aromatic rings. The summed E-state index contributed by atoms with van der Waals surface area (Å²) in [6.07, 6.45) is 1.73. The van der Waals surface area contributed by atoms with E-state index < -0.39 is 0 Å². The first-order valence-corrected chi connectivity index (χ1v) is 4.93. The minimum absolute atomic E-state index is 0.0889. The summed E-state index contributed by atoms with van der Waals surface area (Å²) >= 11 is 0. The highest BCUT2D eigenvalue weighted by Gasteiger charge is 2.10. The molecule has 0 aliphatic carbocycles. The third kappa shape index (κ3) is 2.72. The van der Waals surface area contributed by atoms with Gasteiger partial charge < -0.3 is 14.3 Å². The Hall–Kier alpha value is -1.51. The van der Waals surface area contributed by atoms with Crippen molar-refractivity contribution in [2.75, 3.05) is 14.2 Å². The van der Waals surface area contributed by atoms with Crippen LogP contribution in [0.1, 0.15) is 24.8 Å². The van der Waals surface area contributed by atoms with Crippen molar-refractivity contribution in [3.63, 3.8) is 0 Å². The largest absolute Gasteiger partial charge is 0.497 e. The maximum absolute atomic E-state index is 10.9. The molecule has 1 atom stereocenters. The molecule has 1 rings (SSSR count). The van der Waals surface area contributed by atoms with Crippen molar-refractivity contribution in [1.82, 2.24) is 0 Å². The molecule has 0 fully saturated rings. The number of carbonyl (C=O) groups is 1. The van der Waals surface area contributed by atoms with Crippen LogP contribution in [0.5, 0.6) is 11.5 Å². The Morgan fingerprint density at radius 1 is 1.20 bits per heavy atom. The van der Waals surface area contributed by atoms with E-state index in [0.29, 0.717) is 11.5 Å². The average Bonchev–Trinajstić information content (AvgIpc) is 2.30. The Kier molecular flexibility index (Phi) is 4.16. The second kappa shape index (κ2) is 5.39. The molecule has 0 N–H and O–H groups in total. The normalized spacial score (nSPS) is 11.9. The molecular formula is C12H16O3. The number of hydrogen-bond donors (Lipinski definition) is 0. The quantitative estimate of drug-likeness (QED) is 0.697. The van der Waals surface area contributed by atoms with Gasteiger partial charge in [-0.2, -0.15) is 0 Å². The number of ether oxygens (including phenoxy) is 2. The molecule has 0 amide bonds. The lowest BCUT2D eigenvalue weighted by atomic mass is 9.97. The van der Waals surface area contributed by atoms with Gasteiger partial charge >= 0.3 is 0 Å². The molecule has 1 unspecified atom stereocenters.